The molecule has 1 aromatic rings. The fraction of sp³-hybridized carbons (Fsp3) is 0.357. The van der Waals surface area contributed by atoms with Crippen LogP contribution in [0.5, 0.6) is 0 Å². The number of hydrogen-bond acceptors (Lipinski definition) is 6. The maximum Gasteiger partial charge on any atom is 0.302 e. The normalized spacial score (nSPS) is 10.8. The van der Waals surface area contributed by atoms with Crippen LogP contribution in [0.3, 0.4) is 0 Å². The molecule has 0 atom stereocenters. The van der Waals surface area contributed by atoms with Crippen molar-refractivity contribution in [2.24, 2.45) is 5.73 Å². The van der Waals surface area contributed by atoms with E-state index in [4.69, 9.17) is 15.2 Å². The van der Waals surface area contributed by atoms with Crippen molar-refractivity contribution in [3.8, 4) is 0 Å². The molecule has 0 saturated heterocycles. The van der Waals surface area contributed by atoms with Gasteiger partial charge in [0.2, 0.25) is 0 Å². The van der Waals surface area contributed by atoms with Crippen LogP contribution in [0.1, 0.15) is 24.2 Å². The van der Waals surface area contributed by atoms with Crippen molar-refractivity contribution in [3.63, 3.8) is 0 Å². The molecule has 0 spiro atoms. The van der Waals surface area contributed by atoms with E-state index < -0.39 is 23.3 Å². The van der Waals surface area contributed by atoms with Gasteiger partial charge in [-0.1, -0.05) is 30.3 Å². The van der Waals surface area contributed by atoms with Gasteiger partial charge in [0, 0.05) is 19.4 Å². The van der Waals surface area contributed by atoms with Gasteiger partial charge in [-0.05, 0) is 0 Å². The molecule has 0 bridgehead atoms. The smallest absolute Gasteiger partial charge is 0.302 e. The van der Waals surface area contributed by atoms with E-state index in [-0.39, 0.29) is 13.2 Å². The second-order valence-corrected chi connectivity index (χ2v) is 4.41. The molecule has 0 amide bonds. The third-order valence-corrected chi connectivity index (χ3v) is 2.55. The zero-order valence-corrected chi connectivity index (χ0v) is 11.4. The molecule has 0 aliphatic rings. The van der Waals surface area contributed by atoms with Crippen LogP contribution >= 0.6 is 0 Å². The number of ether oxygens (including phenoxy) is 2. The number of hydrogen-bond donors (Lipinski definition) is 1. The third kappa shape index (κ3) is 4.47. The summed E-state index contributed by atoms with van der Waals surface area (Å²) in [6.45, 7) is 1.70. The number of ketones is 1. The molecule has 6 heteroatoms. The van der Waals surface area contributed by atoms with Crippen LogP contribution in [-0.4, -0.2) is 36.5 Å². The van der Waals surface area contributed by atoms with Crippen molar-refractivity contribution < 1.29 is 23.9 Å². The SMILES string of the molecule is CC(=O)OCC(N)(COC(C)=O)C(=O)c1ccccc1. The summed E-state index contributed by atoms with van der Waals surface area (Å²) in [7, 11) is 0. The van der Waals surface area contributed by atoms with E-state index in [1.165, 1.54) is 13.8 Å². The van der Waals surface area contributed by atoms with E-state index in [1.807, 2.05) is 0 Å². The average molecular weight is 279 g/mol. The van der Waals surface area contributed by atoms with Crippen molar-refractivity contribution in [1.82, 2.24) is 0 Å². The van der Waals surface area contributed by atoms with E-state index >= 15 is 0 Å². The highest BCUT2D eigenvalue weighted by Gasteiger charge is 2.37. The second kappa shape index (κ2) is 6.81. The summed E-state index contributed by atoms with van der Waals surface area (Å²) < 4.78 is 9.61. The minimum Gasteiger partial charge on any atom is -0.463 e. The molecule has 1 rings (SSSR count). The van der Waals surface area contributed by atoms with Gasteiger partial charge in [-0.3, -0.25) is 14.4 Å². The Hall–Kier alpha value is -2.21. The van der Waals surface area contributed by atoms with Crippen molar-refractivity contribution in [2.45, 2.75) is 19.4 Å². The Labute approximate surface area is 116 Å². The fourth-order valence-electron chi connectivity index (χ4n) is 1.51. The van der Waals surface area contributed by atoms with Crippen molar-refractivity contribution in [3.05, 3.63) is 35.9 Å². The second-order valence-electron chi connectivity index (χ2n) is 4.41. The van der Waals surface area contributed by atoms with Crippen molar-refractivity contribution in [1.29, 1.82) is 0 Å². The van der Waals surface area contributed by atoms with Gasteiger partial charge in [0.15, 0.2) is 5.78 Å². The summed E-state index contributed by atoms with van der Waals surface area (Å²) >= 11 is 0. The first-order chi connectivity index (χ1) is 9.35. The maximum atomic E-state index is 12.4. The van der Waals surface area contributed by atoms with E-state index in [1.54, 1.807) is 30.3 Å². The average Bonchev–Trinajstić information content (AvgIpc) is 2.43. The first-order valence-corrected chi connectivity index (χ1v) is 6.00. The highest BCUT2D eigenvalue weighted by Crippen LogP contribution is 2.13. The Morgan fingerprint density at radius 2 is 1.45 bits per heavy atom. The molecule has 0 heterocycles. The summed E-state index contributed by atoms with van der Waals surface area (Å²) in [6, 6.07) is 8.31. The van der Waals surface area contributed by atoms with Crippen LogP contribution in [0.4, 0.5) is 0 Å². The first-order valence-electron chi connectivity index (χ1n) is 6.00. The summed E-state index contributed by atoms with van der Waals surface area (Å²) in [6.07, 6.45) is 0. The van der Waals surface area contributed by atoms with Crippen molar-refractivity contribution in [2.75, 3.05) is 13.2 Å². The molecular formula is C14H17NO5. The van der Waals surface area contributed by atoms with Gasteiger partial charge in [0.05, 0.1) is 0 Å². The molecule has 108 valence electrons. The van der Waals surface area contributed by atoms with Crippen LogP contribution in [0.25, 0.3) is 0 Å². The minimum atomic E-state index is -1.60. The highest BCUT2D eigenvalue weighted by atomic mass is 16.5. The minimum absolute atomic E-state index is 0.356. The fourth-order valence-corrected chi connectivity index (χ4v) is 1.51. The summed E-state index contributed by atoms with van der Waals surface area (Å²) in [5.74, 6) is -1.59. The summed E-state index contributed by atoms with van der Waals surface area (Å²) in [5, 5.41) is 0. The Morgan fingerprint density at radius 3 is 1.85 bits per heavy atom. The molecule has 6 nitrogen and oxygen atoms in total. The topological polar surface area (TPSA) is 95.7 Å². The Balaban J connectivity index is 2.93. The van der Waals surface area contributed by atoms with Gasteiger partial charge < -0.3 is 15.2 Å². The summed E-state index contributed by atoms with van der Waals surface area (Å²) in [4.78, 5) is 34.2. The molecular weight excluding hydrogens is 262 g/mol. The highest BCUT2D eigenvalue weighted by molar-refractivity contribution is 6.03. The van der Waals surface area contributed by atoms with Crippen LogP contribution in [0.15, 0.2) is 30.3 Å². The number of carbonyl (C=O) groups is 3. The van der Waals surface area contributed by atoms with Crippen LogP contribution in [-0.2, 0) is 19.1 Å². The Morgan fingerprint density at radius 1 is 1.00 bits per heavy atom. The number of carbonyl (C=O) groups excluding carboxylic acids is 3. The van der Waals surface area contributed by atoms with E-state index in [2.05, 4.69) is 0 Å². The zero-order valence-electron chi connectivity index (χ0n) is 11.4. The molecule has 0 aliphatic carbocycles. The maximum absolute atomic E-state index is 12.4. The predicted octanol–water partition coefficient (Wildman–Crippen LogP) is 0.693. The zero-order chi connectivity index (χ0) is 15.2. The summed E-state index contributed by atoms with van der Waals surface area (Å²) in [5.41, 5.74) is 4.72. The lowest BCUT2D eigenvalue weighted by molar-refractivity contribution is -0.145. The largest absolute Gasteiger partial charge is 0.463 e. The van der Waals surface area contributed by atoms with Crippen LogP contribution < -0.4 is 5.73 Å². The lowest BCUT2D eigenvalue weighted by Gasteiger charge is -2.26. The molecule has 2 N–H and O–H groups in total. The number of benzene rings is 1. The molecule has 0 fully saturated rings. The van der Waals surface area contributed by atoms with E-state index in [0.717, 1.165) is 0 Å². The van der Waals surface area contributed by atoms with Gasteiger partial charge >= 0.3 is 11.9 Å². The molecule has 20 heavy (non-hydrogen) atoms. The Bertz CT molecular complexity index is 480. The molecule has 0 saturated carbocycles. The van der Waals surface area contributed by atoms with Crippen molar-refractivity contribution >= 4 is 17.7 Å². The Kier molecular flexibility index (Phi) is 5.40. The number of Topliss-reactive ketones (excluding diaryl/α,β-unsaturated/α-hetero) is 1. The monoisotopic (exact) mass is 279 g/mol. The van der Waals surface area contributed by atoms with Crippen LogP contribution in [0.2, 0.25) is 0 Å². The lowest BCUT2D eigenvalue weighted by Crippen LogP contribution is -2.56. The number of nitrogens with two attached hydrogens (primary N) is 1. The van der Waals surface area contributed by atoms with Gasteiger partial charge in [0.1, 0.15) is 18.8 Å². The third-order valence-electron chi connectivity index (χ3n) is 2.55. The van der Waals surface area contributed by atoms with Gasteiger partial charge in [-0.2, -0.15) is 0 Å². The van der Waals surface area contributed by atoms with Gasteiger partial charge in [0.25, 0.3) is 0 Å². The standard InChI is InChI=1S/C14H17NO5/c1-10(16)19-8-14(15,9-20-11(2)17)13(18)12-6-4-3-5-7-12/h3-7H,8-9,15H2,1-2H3. The number of rotatable bonds is 6. The molecule has 0 aliphatic heterocycles. The molecule has 1 aromatic carbocycles. The molecule has 0 radical (unpaired) electrons. The van der Waals surface area contributed by atoms with Gasteiger partial charge in [-0.15, -0.1) is 0 Å². The molecule has 0 unspecified atom stereocenters. The van der Waals surface area contributed by atoms with E-state index in [0.29, 0.717) is 5.56 Å². The van der Waals surface area contributed by atoms with E-state index in [9.17, 15) is 14.4 Å². The first kappa shape index (κ1) is 15.8. The quantitative estimate of drug-likeness (QED) is 0.608. The predicted molar refractivity (Wildman–Crippen MR) is 71.0 cm³/mol. The number of esters is 2. The molecule has 0 aromatic heterocycles. The van der Waals surface area contributed by atoms with Crippen LogP contribution in [0, 0.1) is 0 Å². The van der Waals surface area contributed by atoms with Gasteiger partial charge in [-0.25, -0.2) is 0 Å². The lowest BCUT2D eigenvalue weighted by atomic mass is 9.91.